The number of aryl methyl sites for hydroxylation is 1. The van der Waals surface area contributed by atoms with Crippen molar-refractivity contribution >= 4 is 30.9 Å². The summed E-state index contributed by atoms with van der Waals surface area (Å²) in [5.41, 5.74) is 1.49. The van der Waals surface area contributed by atoms with Gasteiger partial charge in [0.1, 0.15) is 4.90 Å². The highest BCUT2D eigenvalue weighted by atomic mass is 32.2. The molecule has 30 heavy (non-hydrogen) atoms. The smallest absolute Gasteiger partial charge is 0.245 e. The standard InChI is InChI=1S/C21H23N3O4S2/c1-2-17-8-10-19(11-9-17)29(25,26)23-13-15-24(16-14-23)30(27,28)20-7-3-5-18-6-4-12-22-21(18)20/h3-12H,2,13-16H2,1H3. The average Bonchev–Trinajstić information content (AvgIpc) is 2.78. The summed E-state index contributed by atoms with van der Waals surface area (Å²) in [6, 6.07) is 15.5. The summed E-state index contributed by atoms with van der Waals surface area (Å²) in [7, 11) is -7.44. The molecule has 0 unspecified atom stereocenters. The van der Waals surface area contributed by atoms with Crippen LogP contribution in [0.1, 0.15) is 12.5 Å². The third kappa shape index (κ3) is 3.74. The quantitative estimate of drug-likeness (QED) is 0.602. The molecule has 0 radical (unpaired) electrons. The van der Waals surface area contributed by atoms with E-state index in [1.54, 1.807) is 48.7 Å². The molecule has 0 bridgehead atoms. The summed E-state index contributed by atoms with van der Waals surface area (Å²) in [4.78, 5) is 4.61. The van der Waals surface area contributed by atoms with E-state index < -0.39 is 20.0 Å². The predicted octanol–water partition coefficient (Wildman–Crippen LogP) is 2.49. The highest BCUT2D eigenvalue weighted by Gasteiger charge is 2.34. The molecule has 0 amide bonds. The molecule has 1 aromatic heterocycles. The van der Waals surface area contributed by atoms with Crippen LogP contribution in [0.3, 0.4) is 0 Å². The van der Waals surface area contributed by atoms with Crippen molar-refractivity contribution in [3.8, 4) is 0 Å². The Morgan fingerprint density at radius 2 is 1.40 bits per heavy atom. The second kappa shape index (κ2) is 8.07. The Balaban J connectivity index is 1.55. The molecule has 158 valence electrons. The van der Waals surface area contributed by atoms with Crippen LogP contribution in [0, 0.1) is 0 Å². The molecule has 0 N–H and O–H groups in total. The lowest BCUT2D eigenvalue weighted by Crippen LogP contribution is -2.50. The second-order valence-electron chi connectivity index (χ2n) is 7.14. The molecule has 7 nitrogen and oxygen atoms in total. The van der Waals surface area contributed by atoms with E-state index in [-0.39, 0.29) is 36.0 Å². The molecule has 9 heteroatoms. The van der Waals surface area contributed by atoms with Crippen LogP contribution in [0.4, 0.5) is 0 Å². The second-order valence-corrected chi connectivity index (χ2v) is 11.0. The largest absolute Gasteiger partial charge is 0.255 e. The highest BCUT2D eigenvalue weighted by Crippen LogP contribution is 2.26. The van der Waals surface area contributed by atoms with Crippen molar-refractivity contribution in [3.05, 3.63) is 66.4 Å². The fourth-order valence-electron chi connectivity index (χ4n) is 3.62. The first-order valence-electron chi connectivity index (χ1n) is 9.77. The number of fused-ring (bicyclic) bond motifs is 1. The number of aromatic nitrogens is 1. The number of sulfonamides is 2. The predicted molar refractivity (Wildman–Crippen MR) is 115 cm³/mol. The van der Waals surface area contributed by atoms with E-state index in [0.717, 1.165) is 17.4 Å². The molecule has 3 aromatic rings. The van der Waals surface area contributed by atoms with E-state index in [9.17, 15) is 16.8 Å². The molecular weight excluding hydrogens is 422 g/mol. The number of benzene rings is 2. The fraction of sp³-hybridized carbons (Fsp3) is 0.286. The van der Waals surface area contributed by atoms with E-state index in [1.165, 1.54) is 8.61 Å². The van der Waals surface area contributed by atoms with Crippen LogP contribution in [0.15, 0.2) is 70.6 Å². The van der Waals surface area contributed by atoms with Crippen LogP contribution < -0.4 is 0 Å². The molecule has 0 saturated carbocycles. The summed E-state index contributed by atoms with van der Waals surface area (Å²) in [5.74, 6) is 0. The zero-order chi connectivity index (χ0) is 21.4. The molecule has 0 aliphatic carbocycles. The van der Waals surface area contributed by atoms with Gasteiger partial charge in [0, 0.05) is 37.8 Å². The minimum absolute atomic E-state index is 0.0951. The Labute approximate surface area is 177 Å². The maximum atomic E-state index is 13.2. The van der Waals surface area contributed by atoms with Gasteiger partial charge in [0.15, 0.2) is 0 Å². The lowest BCUT2D eigenvalue weighted by atomic mass is 10.2. The van der Waals surface area contributed by atoms with Crippen LogP contribution in [0.2, 0.25) is 0 Å². The summed E-state index contributed by atoms with van der Waals surface area (Å²) in [6.07, 6.45) is 2.40. The van der Waals surface area contributed by atoms with Crippen molar-refractivity contribution in [2.24, 2.45) is 0 Å². The summed E-state index contributed by atoms with van der Waals surface area (Å²) in [5, 5.41) is 0.746. The van der Waals surface area contributed by atoms with Gasteiger partial charge < -0.3 is 0 Å². The number of hydrogen-bond donors (Lipinski definition) is 0. The van der Waals surface area contributed by atoms with Crippen molar-refractivity contribution in [2.75, 3.05) is 26.2 Å². The molecule has 4 rings (SSSR count). The Morgan fingerprint density at radius 3 is 2.03 bits per heavy atom. The van der Waals surface area contributed by atoms with Gasteiger partial charge in [-0.05, 0) is 36.2 Å². The van der Waals surface area contributed by atoms with Gasteiger partial charge in [-0.15, -0.1) is 0 Å². The molecule has 0 spiro atoms. The topological polar surface area (TPSA) is 87.7 Å². The van der Waals surface area contributed by atoms with E-state index in [0.29, 0.717) is 5.52 Å². The lowest BCUT2D eigenvalue weighted by Gasteiger charge is -2.33. The summed E-state index contributed by atoms with van der Waals surface area (Å²) in [6.45, 7) is 2.41. The number of piperazine rings is 1. The first-order chi connectivity index (χ1) is 14.3. The van der Waals surface area contributed by atoms with Crippen LogP contribution in [0.5, 0.6) is 0 Å². The van der Waals surface area contributed by atoms with Gasteiger partial charge in [0.2, 0.25) is 20.0 Å². The molecule has 1 aliphatic rings. The Kier molecular flexibility index (Phi) is 5.63. The molecule has 0 atom stereocenters. The number of para-hydroxylation sites is 1. The van der Waals surface area contributed by atoms with Gasteiger partial charge in [-0.3, -0.25) is 4.98 Å². The van der Waals surface area contributed by atoms with Crippen LogP contribution >= 0.6 is 0 Å². The van der Waals surface area contributed by atoms with Gasteiger partial charge in [0.25, 0.3) is 0 Å². The first kappa shape index (κ1) is 20.9. The van der Waals surface area contributed by atoms with E-state index in [2.05, 4.69) is 4.98 Å². The zero-order valence-electron chi connectivity index (χ0n) is 16.6. The maximum absolute atomic E-state index is 13.2. The molecule has 1 fully saturated rings. The van der Waals surface area contributed by atoms with Gasteiger partial charge >= 0.3 is 0 Å². The van der Waals surface area contributed by atoms with E-state index in [1.807, 2.05) is 19.1 Å². The average molecular weight is 446 g/mol. The van der Waals surface area contributed by atoms with Crippen molar-refractivity contribution in [1.82, 2.24) is 13.6 Å². The first-order valence-corrected chi connectivity index (χ1v) is 12.6. The van der Waals surface area contributed by atoms with Crippen molar-refractivity contribution in [1.29, 1.82) is 0 Å². The number of pyridine rings is 1. The van der Waals surface area contributed by atoms with Gasteiger partial charge in [-0.25, -0.2) is 16.8 Å². The van der Waals surface area contributed by atoms with Crippen molar-refractivity contribution in [2.45, 2.75) is 23.1 Å². The van der Waals surface area contributed by atoms with Crippen LogP contribution in [0.25, 0.3) is 10.9 Å². The zero-order valence-corrected chi connectivity index (χ0v) is 18.2. The highest BCUT2D eigenvalue weighted by molar-refractivity contribution is 7.89. The van der Waals surface area contributed by atoms with Crippen molar-refractivity contribution in [3.63, 3.8) is 0 Å². The number of nitrogens with zero attached hydrogens (tertiary/aromatic N) is 3. The van der Waals surface area contributed by atoms with Crippen molar-refractivity contribution < 1.29 is 16.8 Å². The minimum Gasteiger partial charge on any atom is -0.255 e. The van der Waals surface area contributed by atoms with Gasteiger partial charge in [-0.1, -0.05) is 37.3 Å². The third-order valence-corrected chi connectivity index (χ3v) is 9.22. The normalized spacial score (nSPS) is 16.7. The molecule has 2 heterocycles. The monoisotopic (exact) mass is 445 g/mol. The van der Waals surface area contributed by atoms with E-state index in [4.69, 9.17) is 0 Å². The Bertz CT molecular complexity index is 1260. The molecule has 2 aromatic carbocycles. The number of hydrogen-bond acceptors (Lipinski definition) is 5. The lowest BCUT2D eigenvalue weighted by molar-refractivity contribution is 0.273. The SMILES string of the molecule is CCc1ccc(S(=O)(=O)N2CCN(S(=O)(=O)c3cccc4cccnc34)CC2)cc1. The summed E-state index contributed by atoms with van der Waals surface area (Å²) < 4.78 is 55.0. The maximum Gasteiger partial charge on any atom is 0.245 e. The Hall–Kier alpha value is -2.33. The van der Waals surface area contributed by atoms with E-state index >= 15 is 0 Å². The van der Waals surface area contributed by atoms with Gasteiger partial charge in [0.05, 0.1) is 10.4 Å². The number of rotatable bonds is 5. The Morgan fingerprint density at radius 1 is 0.800 bits per heavy atom. The third-order valence-electron chi connectivity index (χ3n) is 5.38. The van der Waals surface area contributed by atoms with Crippen LogP contribution in [-0.4, -0.2) is 56.6 Å². The molecular formula is C21H23N3O4S2. The van der Waals surface area contributed by atoms with Crippen LogP contribution in [-0.2, 0) is 26.5 Å². The fourth-order valence-corrected chi connectivity index (χ4v) is 6.63. The van der Waals surface area contributed by atoms with Gasteiger partial charge in [-0.2, -0.15) is 8.61 Å². The molecule has 1 aliphatic heterocycles. The summed E-state index contributed by atoms with van der Waals surface area (Å²) >= 11 is 0. The minimum atomic E-state index is -3.78. The molecule has 1 saturated heterocycles.